The van der Waals surface area contributed by atoms with Gasteiger partial charge in [0, 0.05) is 13.3 Å². The molecule has 0 fully saturated rings. The molecule has 0 saturated carbocycles. The quantitative estimate of drug-likeness (QED) is 0.334. The van der Waals surface area contributed by atoms with E-state index in [1.807, 2.05) is 31.2 Å². The molecule has 31 heavy (non-hydrogen) atoms. The van der Waals surface area contributed by atoms with E-state index in [1.54, 1.807) is 36.3 Å². The lowest BCUT2D eigenvalue weighted by molar-refractivity contribution is -0.116. The number of thioether (sulfide) groups is 1. The monoisotopic (exact) mass is 454 g/mol. The van der Waals surface area contributed by atoms with Crippen molar-refractivity contribution in [2.45, 2.75) is 17.2 Å². The number of carbonyl (C=O) groups excluding carboxylic acids is 1. The maximum Gasteiger partial charge on any atom is 0.241 e. The topological polar surface area (TPSA) is 94.8 Å². The summed E-state index contributed by atoms with van der Waals surface area (Å²) in [6.07, 6.45) is 4.82. The first kappa shape index (κ1) is 21.2. The smallest absolute Gasteiger partial charge is 0.241 e. The molecule has 0 bridgehead atoms. The Labute approximate surface area is 188 Å². The fourth-order valence-electron chi connectivity index (χ4n) is 2.91. The minimum Gasteiger partial charge on any atom is -0.383 e. The Balaban J connectivity index is 1.62. The normalized spacial score (nSPS) is 12.1. The molecule has 4 rings (SSSR count). The number of ether oxygens (including phenoxy) is 1. The van der Waals surface area contributed by atoms with Gasteiger partial charge in [0.1, 0.15) is 22.4 Å². The van der Waals surface area contributed by atoms with Crippen LogP contribution in [-0.2, 0) is 9.53 Å². The Morgan fingerprint density at radius 3 is 2.77 bits per heavy atom. The number of fused-ring (bicyclic) bond motifs is 1. The predicted octanol–water partition coefficient (Wildman–Crippen LogP) is 3.92. The molecule has 1 unspecified atom stereocenters. The van der Waals surface area contributed by atoms with Crippen LogP contribution >= 0.6 is 23.4 Å². The van der Waals surface area contributed by atoms with Crippen molar-refractivity contribution in [3.8, 4) is 5.69 Å². The molecule has 1 N–H and O–H groups in total. The van der Waals surface area contributed by atoms with Crippen LogP contribution in [0, 0.1) is 6.92 Å². The van der Waals surface area contributed by atoms with Crippen molar-refractivity contribution in [1.29, 1.82) is 0 Å². The van der Waals surface area contributed by atoms with E-state index in [4.69, 9.17) is 16.3 Å². The van der Waals surface area contributed by atoms with E-state index in [1.165, 1.54) is 18.1 Å². The predicted molar refractivity (Wildman–Crippen MR) is 121 cm³/mol. The van der Waals surface area contributed by atoms with Crippen LogP contribution in [-0.4, -0.2) is 49.6 Å². The Kier molecular flexibility index (Phi) is 6.45. The van der Waals surface area contributed by atoms with E-state index >= 15 is 0 Å². The lowest BCUT2D eigenvalue weighted by Gasteiger charge is -2.15. The molecule has 158 valence electrons. The second kappa shape index (κ2) is 9.42. The van der Waals surface area contributed by atoms with E-state index in [2.05, 4.69) is 25.4 Å². The second-order valence-corrected chi connectivity index (χ2v) is 8.29. The molecule has 1 aromatic carbocycles. The van der Waals surface area contributed by atoms with Gasteiger partial charge in [-0.05, 0) is 30.7 Å². The highest BCUT2D eigenvalue weighted by Gasteiger charge is 2.23. The summed E-state index contributed by atoms with van der Waals surface area (Å²) in [6, 6.07) is 11.0. The molecule has 0 aliphatic carbocycles. The van der Waals surface area contributed by atoms with Crippen molar-refractivity contribution in [3.63, 3.8) is 0 Å². The first-order valence-electron chi connectivity index (χ1n) is 9.39. The van der Waals surface area contributed by atoms with Crippen LogP contribution in [0.2, 0.25) is 5.02 Å². The molecular weight excluding hydrogens is 436 g/mol. The lowest BCUT2D eigenvalue weighted by Crippen LogP contribution is -2.29. The number of aromatic nitrogens is 5. The summed E-state index contributed by atoms with van der Waals surface area (Å²) >= 11 is 7.61. The van der Waals surface area contributed by atoms with Gasteiger partial charge < -0.3 is 10.1 Å². The number of nitrogens with one attached hydrogen (secondary N) is 1. The molecule has 10 heteroatoms. The molecule has 0 aliphatic heterocycles. The van der Waals surface area contributed by atoms with Gasteiger partial charge in [-0.2, -0.15) is 5.10 Å². The van der Waals surface area contributed by atoms with E-state index in [0.717, 1.165) is 10.9 Å². The molecule has 1 amide bonds. The Morgan fingerprint density at radius 1 is 1.19 bits per heavy atom. The molecule has 3 aromatic heterocycles. The van der Waals surface area contributed by atoms with Crippen LogP contribution in [0.1, 0.15) is 5.56 Å². The van der Waals surface area contributed by atoms with Crippen LogP contribution in [0.3, 0.4) is 0 Å². The van der Waals surface area contributed by atoms with Crippen molar-refractivity contribution < 1.29 is 9.53 Å². The van der Waals surface area contributed by atoms with Gasteiger partial charge in [0.2, 0.25) is 5.91 Å². The molecule has 0 radical (unpaired) electrons. The number of anilines is 1. The maximum absolute atomic E-state index is 12.9. The minimum absolute atomic E-state index is 0.201. The fourth-order valence-corrected chi connectivity index (χ4v) is 4.15. The van der Waals surface area contributed by atoms with E-state index < -0.39 is 5.25 Å². The van der Waals surface area contributed by atoms with Gasteiger partial charge in [0.25, 0.3) is 0 Å². The molecule has 3 heterocycles. The highest BCUT2D eigenvalue weighted by Crippen LogP contribution is 2.31. The number of rotatable bonds is 7. The van der Waals surface area contributed by atoms with Gasteiger partial charge >= 0.3 is 0 Å². The molecule has 4 aromatic rings. The molecular formula is C21H19ClN6O2S. The lowest BCUT2D eigenvalue weighted by atomic mass is 10.3. The van der Waals surface area contributed by atoms with Crippen molar-refractivity contribution in [2.75, 3.05) is 19.0 Å². The third-order valence-corrected chi connectivity index (χ3v) is 5.94. The molecule has 8 nitrogen and oxygen atoms in total. The summed E-state index contributed by atoms with van der Waals surface area (Å²) in [4.78, 5) is 25.8. The van der Waals surface area contributed by atoms with E-state index in [-0.39, 0.29) is 12.5 Å². The number of amides is 1. The van der Waals surface area contributed by atoms with Crippen molar-refractivity contribution in [1.82, 2.24) is 24.7 Å². The summed E-state index contributed by atoms with van der Waals surface area (Å²) < 4.78 is 6.93. The van der Waals surface area contributed by atoms with Crippen molar-refractivity contribution in [2.24, 2.45) is 0 Å². The van der Waals surface area contributed by atoms with Crippen LogP contribution < -0.4 is 5.32 Å². The summed E-state index contributed by atoms with van der Waals surface area (Å²) in [5.74, 6) is 0.255. The molecule has 0 spiro atoms. The number of nitrogens with zero attached hydrogens (tertiary/aromatic N) is 5. The van der Waals surface area contributed by atoms with Crippen LogP contribution in [0.25, 0.3) is 16.7 Å². The Bertz CT molecular complexity index is 1210. The highest BCUT2D eigenvalue weighted by atomic mass is 35.5. The fraction of sp³-hybridized carbons (Fsp3) is 0.190. The first-order valence-corrected chi connectivity index (χ1v) is 10.7. The molecule has 1 atom stereocenters. The standard InChI is InChI=1S/C21H19ClN6O2S/c1-13-7-8-18(23-9-13)27-20(29)17(11-30-2)31-21-14-10-26-28(19(14)24-12-25-21)16-6-4-3-5-15(16)22/h3-10,12,17H,11H2,1-2H3,(H,23,27,29). The van der Waals surface area contributed by atoms with Gasteiger partial charge in [-0.25, -0.2) is 19.6 Å². The number of benzene rings is 1. The van der Waals surface area contributed by atoms with Crippen LogP contribution in [0.5, 0.6) is 0 Å². The Hall–Kier alpha value is -3.01. The SMILES string of the molecule is COCC(Sc1ncnc2c1cnn2-c1ccccc1Cl)C(=O)Nc1ccc(C)cn1. The average molecular weight is 455 g/mol. The molecule has 0 aliphatic rings. The van der Waals surface area contributed by atoms with Crippen molar-refractivity contribution in [3.05, 3.63) is 65.7 Å². The zero-order valence-corrected chi connectivity index (χ0v) is 18.4. The highest BCUT2D eigenvalue weighted by molar-refractivity contribution is 8.00. The van der Waals surface area contributed by atoms with Gasteiger partial charge in [0.15, 0.2) is 5.65 Å². The summed E-state index contributed by atoms with van der Waals surface area (Å²) in [5.41, 5.74) is 2.33. The number of pyridine rings is 1. The van der Waals surface area contributed by atoms with E-state index in [9.17, 15) is 4.79 Å². The van der Waals surface area contributed by atoms with E-state index in [0.29, 0.717) is 27.2 Å². The summed E-state index contributed by atoms with van der Waals surface area (Å²) in [5, 5.41) is 8.62. The van der Waals surface area contributed by atoms with Crippen LogP contribution in [0.15, 0.2) is 60.1 Å². The number of halogens is 1. The maximum atomic E-state index is 12.9. The zero-order valence-electron chi connectivity index (χ0n) is 16.8. The largest absolute Gasteiger partial charge is 0.383 e. The van der Waals surface area contributed by atoms with Gasteiger partial charge in [-0.1, -0.05) is 41.6 Å². The second-order valence-electron chi connectivity index (χ2n) is 6.70. The number of methoxy groups -OCH3 is 1. The summed E-state index contributed by atoms with van der Waals surface area (Å²) in [7, 11) is 1.55. The van der Waals surface area contributed by atoms with Crippen LogP contribution in [0.4, 0.5) is 5.82 Å². The number of hydrogen-bond donors (Lipinski definition) is 1. The van der Waals surface area contributed by atoms with Gasteiger partial charge in [-0.15, -0.1) is 0 Å². The first-order chi connectivity index (χ1) is 15.1. The third-order valence-electron chi connectivity index (χ3n) is 4.44. The number of aryl methyl sites for hydroxylation is 1. The average Bonchev–Trinajstić information content (AvgIpc) is 3.20. The van der Waals surface area contributed by atoms with Gasteiger partial charge in [0.05, 0.1) is 28.9 Å². The third kappa shape index (κ3) is 4.68. The number of para-hydroxylation sites is 1. The summed E-state index contributed by atoms with van der Waals surface area (Å²) in [6.45, 7) is 2.14. The van der Waals surface area contributed by atoms with Crippen molar-refractivity contribution >= 4 is 46.1 Å². The number of hydrogen-bond acceptors (Lipinski definition) is 7. The zero-order chi connectivity index (χ0) is 21.8. The Morgan fingerprint density at radius 2 is 2.03 bits per heavy atom. The molecule has 0 saturated heterocycles. The van der Waals surface area contributed by atoms with Gasteiger partial charge in [-0.3, -0.25) is 4.79 Å². The number of carbonyl (C=O) groups is 1. The minimum atomic E-state index is -0.546.